The van der Waals surface area contributed by atoms with E-state index in [0.717, 1.165) is 22.3 Å². The number of ether oxygens (including phenoxy) is 1. The average Bonchev–Trinajstić information content (AvgIpc) is 3.34. The quantitative estimate of drug-likeness (QED) is 0.208. The number of nitrogens with one attached hydrogen (secondary N) is 3. The van der Waals surface area contributed by atoms with Gasteiger partial charge in [-0.3, -0.25) is 19.2 Å². The molecule has 1 aliphatic carbocycles. The van der Waals surface area contributed by atoms with Gasteiger partial charge in [0, 0.05) is 13.0 Å². The Labute approximate surface area is 238 Å². The maximum Gasteiger partial charge on any atom is 0.251 e. The van der Waals surface area contributed by atoms with Gasteiger partial charge >= 0.3 is 0 Å². The highest BCUT2D eigenvalue weighted by molar-refractivity contribution is 5.98. The standard InChI is InChI=1S/C31H34N4O6/c1-41-24-13-11-20(12-14-24)15-25(34-27(37)16-26(32)36)29(39)35-31(17-22-9-5-6-10-23(22)18-31)28(38)30(40)33-19-21-7-3-2-4-8-21/h2-14,25,28,38H,15-19H2,1H3,(H2,32,36)(H,33,40)(H,34,37)(H,35,39)/t25-,28+/m0/s1. The SMILES string of the molecule is COc1ccc(C[C@H](NC(=O)CC(N)=O)C(=O)NC2([C@H](O)C(=O)NCc3ccccc3)Cc3ccccc3C2)cc1. The Morgan fingerprint density at radius 1 is 0.878 bits per heavy atom. The summed E-state index contributed by atoms with van der Waals surface area (Å²) in [5, 5.41) is 19.7. The van der Waals surface area contributed by atoms with Crippen molar-refractivity contribution in [3.63, 3.8) is 0 Å². The van der Waals surface area contributed by atoms with Crippen molar-refractivity contribution in [3.8, 4) is 5.75 Å². The lowest BCUT2D eigenvalue weighted by Gasteiger charge is -2.36. The maximum absolute atomic E-state index is 13.8. The summed E-state index contributed by atoms with van der Waals surface area (Å²) in [6.07, 6.45) is -1.68. The van der Waals surface area contributed by atoms with Crippen LogP contribution in [0, 0.1) is 0 Å². The molecule has 0 saturated carbocycles. The maximum atomic E-state index is 13.8. The Hall–Kier alpha value is -4.70. The number of carbonyl (C=O) groups is 4. The van der Waals surface area contributed by atoms with Gasteiger partial charge in [0.2, 0.25) is 17.7 Å². The van der Waals surface area contributed by atoms with Gasteiger partial charge in [0.25, 0.3) is 5.91 Å². The van der Waals surface area contributed by atoms with Crippen molar-refractivity contribution in [2.45, 2.75) is 49.9 Å². The molecule has 10 heteroatoms. The first-order chi connectivity index (χ1) is 19.7. The molecule has 0 saturated heterocycles. The number of amides is 4. The summed E-state index contributed by atoms with van der Waals surface area (Å²) >= 11 is 0. The number of fused-ring (bicyclic) bond motifs is 1. The Balaban J connectivity index is 1.58. The van der Waals surface area contributed by atoms with Gasteiger partial charge in [-0.15, -0.1) is 0 Å². The Morgan fingerprint density at radius 3 is 2.07 bits per heavy atom. The fourth-order valence-corrected chi connectivity index (χ4v) is 5.07. The van der Waals surface area contributed by atoms with Gasteiger partial charge in [0.05, 0.1) is 12.6 Å². The second-order valence-corrected chi connectivity index (χ2v) is 10.2. The van der Waals surface area contributed by atoms with Crippen LogP contribution in [0.3, 0.4) is 0 Å². The third kappa shape index (κ3) is 7.49. The number of rotatable bonds is 12. The molecule has 0 unspecified atom stereocenters. The molecule has 1 aliphatic rings. The molecular weight excluding hydrogens is 524 g/mol. The van der Waals surface area contributed by atoms with E-state index >= 15 is 0 Å². The summed E-state index contributed by atoms with van der Waals surface area (Å²) in [6, 6.07) is 22.6. The van der Waals surface area contributed by atoms with E-state index < -0.39 is 47.7 Å². The van der Waals surface area contributed by atoms with E-state index in [4.69, 9.17) is 10.5 Å². The van der Waals surface area contributed by atoms with Crippen molar-refractivity contribution in [1.82, 2.24) is 16.0 Å². The highest BCUT2D eigenvalue weighted by Gasteiger charge is 2.48. The number of primary amides is 1. The molecule has 3 aromatic rings. The summed E-state index contributed by atoms with van der Waals surface area (Å²) in [7, 11) is 1.54. The highest BCUT2D eigenvalue weighted by Crippen LogP contribution is 2.33. The molecule has 0 spiro atoms. The molecule has 3 aromatic carbocycles. The predicted molar refractivity (Wildman–Crippen MR) is 151 cm³/mol. The molecule has 0 heterocycles. The van der Waals surface area contributed by atoms with Gasteiger partial charge in [-0.05, 0) is 47.2 Å². The first kappa shape index (κ1) is 29.3. The molecule has 4 amide bonds. The summed E-state index contributed by atoms with van der Waals surface area (Å²) in [5.41, 5.74) is 7.18. The lowest BCUT2D eigenvalue weighted by molar-refractivity contribution is -0.138. The highest BCUT2D eigenvalue weighted by atomic mass is 16.5. The molecule has 214 valence electrons. The van der Waals surface area contributed by atoms with Gasteiger partial charge in [-0.25, -0.2) is 0 Å². The van der Waals surface area contributed by atoms with Crippen molar-refractivity contribution < 1.29 is 29.0 Å². The van der Waals surface area contributed by atoms with Crippen LogP contribution in [0.1, 0.15) is 28.7 Å². The Kier molecular flexibility index (Phi) is 9.36. The van der Waals surface area contributed by atoms with Gasteiger partial charge in [-0.2, -0.15) is 0 Å². The van der Waals surface area contributed by atoms with Crippen molar-refractivity contribution in [2.75, 3.05) is 7.11 Å². The van der Waals surface area contributed by atoms with E-state index in [2.05, 4.69) is 16.0 Å². The van der Waals surface area contributed by atoms with E-state index in [-0.39, 0.29) is 25.8 Å². The molecule has 4 rings (SSSR count). The summed E-state index contributed by atoms with van der Waals surface area (Å²) in [5.74, 6) is -2.16. The van der Waals surface area contributed by atoms with Crippen molar-refractivity contribution >= 4 is 23.6 Å². The van der Waals surface area contributed by atoms with Crippen LogP contribution in [0.4, 0.5) is 0 Å². The molecule has 0 aliphatic heterocycles. The van der Waals surface area contributed by atoms with Crippen LogP contribution in [-0.4, -0.2) is 53.5 Å². The van der Waals surface area contributed by atoms with Crippen LogP contribution in [0.25, 0.3) is 0 Å². The fraction of sp³-hybridized carbons (Fsp3) is 0.290. The smallest absolute Gasteiger partial charge is 0.251 e. The zero-order chi connectivity index (χ0) is 29.4. The monoisotopic (exact) mass is 558 g/mol. The predicted octanol–water partition coefficient (Wildman–Crippen LogP) is 0.929. The third-order valence-electron chi connectivity index (χ3n) is 7.17. The van der Waals surface area contributed by atoms with Crippen LogP contribution in [0.2, 0.25) is 0 Å². The van der Waals surface area contributed by atoms with Crippen molar-refractivity contribution in [3.05, 3.63) is 101 Å². The number of nitrogens with two attached hydrogens (primary N) is 1. The van der Waals surface area contributed by atoms with E-state index in [1.54, 1.807) is 24.3 Å². The molecule has 6 N–H and O–H groups in total. The van der Waals surface area contributed by atoms with E-state index in [9.17, 15) is 24.3 Å². The van der Waals surface area contributed by atoms with Gasteiger partial charge < -0.3 is 31.5 Å². The number of hydrogen-bond acceptors (Lipinski definition) is 6. The lowest BCUT2D eigenvalue weighted by Crippen LogP contribution is -2.65. The van der Waals surface area contributed by atoms with Gasteiger partial charge in [-0.1, -0.05) is 66.7 Å². The number of hydrogen-bond donors (Lipinski definition) is 5. The zero-order valence-corrected chi connectivity index (χ0v) is 22.8. The molecule has 2 atom stereocenters. The molecule has 0 aromatic heterocycles. The van der Waals surface area contributed by atoms with Crippen LogP contribution in [0.15, 0.2) is 78.9 Å². The van der Waals surface area contributed by atoms with Crippen LogP contribution in [0.5, 0.6) is 5.75 Å². The fourth-order valence-electron chi connectivity index (χ4n) is 5.07. The largest absolute Gasteiger partial charge is 0.497 e. The number of benzene rings is 3. The number of methoxy groups -OCH3 is 1. The van der Waals surface area contributed by atoms with Crippen molar-refractivity contribution in [1.29, 1.82) is 0 Å². The van der Waals surface area contributed by atoms with Crippen molar-refractivity contribution in [2.24, 2.45) is 5.73 Å². The lowest BCUT2D eigenvalue weighted by atomic mass is 9.87. The molecule has 0 fully saturated rings. The third-order valence-corrected chi connectivity index (χ3v) is 7.17. The summed E-state index contributed by atoms with van der Waals surface area (Å²) < 4.78 is 5.19. The molecule has 0 radical (unpaired) electrons. The molecule has 10 nitrogen and oxygen atoms in total. The van der Waals surface area contributed by atoms with E-state index in [1.165, 1.54) is 7.11 Å². The minimum atomic E-state index is -1.59. The average molecular weight is 559 g/mol. The minimum Gasteiger partial charge on any atom is -0.497 e. The van der Waals surface area contributed by atoms with Gasteiger partial charge in [0.15, 0.2) is 6.10 Å². The Morgan fingerprint density at radius 2 is 1.49 bits per heavy atom. The van der Waals surface area contributed by atoms with Crippen LogP contribution < -0.4 is 26.4 Å². The van der Waals surface area contributed by atoms with Crippen LogP contribution >= 0.6 is 0 Å². The van der Waals surface area contributed by atoms with E-state index in [1.807, 2.05) is 54.6 Å². The first-order valence-corrected chi connectivity index (χ1v) is 13.3. The van der Waals surface area contributed by atoms with Gasteiger partial charge in [0.1, 0.15) is 18.2 Å². The molecular formula is C31H34N4O6. The normalized spacial score (nSPS) is 14.7. The second-order valence-electron chi connectivity index (χ2n) is 10.2. The zero-order valence-electron chi connectivity index (χ0n) is 22.8. The second kappa shape index (κ2) is 13.1. The van der Waals surface area contributed by atoms with Crippen LogP contribution in [-0.2, 0) is 45.0 Å². The number of aliphatic hydroxyl groups excluding tert-OH is 1. The first-order valence-electron chi connectivity index (χ1n) is 13.3. The number of aliphatic hydroxyl groups is 1. The Bertz CT molecular complexity index is 1370. The van der Waals surface area contributed by atoms with E-state index in [0.29, 0.717) is 5.75 Å². The summed E-state index contributed by atoms with van der Waals surface area (Å²) in [6.45, 7) is 0.205. The summed E-state index contributed by atoms with van der Waals surface area (Å²) in [4.78, 5) is 50.9. The molecule has 41 heavy (non-hydrogen) atoms. The number of carbonyl (C=O) groups excluding carboxylic acids is 4. The topological polar surface area (TPSA) is 160 Å². The molecule has 0 bridgehead atoms. The minimum absolute atomic E-state index is 0.0830.